The monoisotopic (exact) mass is 250 g/mol. The van der Waals surface area contributed by atoms with Gasteiger partial charge < -0.3 is 10.2 Å². The molecule has 0 heterocycles. The number of hydrogen-bond acceptors (Lipinski definition) is 2. The fraction of sp³-hybridized carbons (Fsp3) is 0.385. The lowest BCUT2D eigenvalue weighted by Crippen LogP contribution is -2.42. The highest BCUT2D eigenvalue weighted by molar-refractivity contribution is 7.80. The summed E-state index contributed by atoms with van der Waals surface area (Å²) in [6.07, 6.45) is 0.489. The van der Waals surface area contributed by atoms with E-state index in [2.05, 4.69) is 5.32 Å². The van der Waals surface area contributed by atoms with Gasteiger partial charge in [0.1, 0.15) is 5.78 Å². The summed E-state index contributed by atoms with van der Waals surface area (Å²) in [5.74, 6) is 0.162. The Hall–Kier alpha value is -1.42. The number of Topliss-reactive ketones (excluding diaryl/α,β-unsaturated/α-hetero) is 1. The molecule has 0 spiro atoms. The van der Waals surface area contributed by atoms with Crippen LogP contribution in [0.3, 0.4) is 0 Å². The van der Waals surface area contributed by atoms with Crippen LogP contribution in [0.5, 0.6) is 0 Å². The molecule has 0 aromatic heterocycles. The minimum absolute atomic E-state index is 0.0613. The van der Waals surface area contributed by atoms with E-state index in [0.717, 1.165) is 5.69 Å². The van der Waals surface area contributed by atoms with Gasteiger partial charge in [0.05, 0.1) is 0 Å². The summed E-state index contributed by atoms with van der Waals surface area (Å²) in [5.41, 5.74) is 1.03. The van der Waals surface area contributed by atoms with Gasteiger partial charge in [-0.15, -0.1) is 0 Å². The van der Waals surface area contributed by atoms with Crippen molar-refractivity contribution in [2.75, 3.05) is 11.9 Å². The number of hydrogen-bond donors (Lipinski definition) is 1. The summed E-state index contributed by atoms with van der Waals surface area (Å²) in [5, 5.41) is 3.78. The Bertz CT molecular complexity index is 392. The zero-order chi connectivity index (χ0) is 12.8. The number of nitrogens with zero attached hydrogens (tertiary/aromatic N) is 1. The molecular weight excluding hydrogens is 232 g/mol. The smallest absolute Gasteiger partial charge is 0.173 e. The van der Waals surface area contributed by atoms with Crippen molar-refractivity contribution in [3.63, 3.8) is 0 Å². The second-order valence-corrected chi connectivity index (χ2v) is 4.54. The summed E-state index contributed by atoms with van der Waals surface area (Å²) in [4.78, 5) is 12.9. The van der Waals surface area contributed by atoms with Crippen LogP contribution < -0.4 is 10.2 Å². The average molecular weight is 250 g/mol. The lowest BCUT2D eigenvalue weighted by Gasteiger charge is -2.23. The molecule has 0 fully saturated rings. The topological polar surface area (TPSA) is 32.3 Å². The number of carbonyl (C=O) groups excluding carboxylic acids is 1. The Balaban J connectivity index is 2.56. The van der Waals surface area contributed by atoms with E-state index in [1.54, 1.807) is 6.92 Å². The van der Waals surface area contributed by atoms with Crippen LogP contribution in [0.4, 0.5) is 5.69 Å². The molecule has 0 aliphatic rings. The molecule has 0 radical (unpaired) electrons. The van der Waals surface area contributed by atoms with E-state index in [-0.39, 0.29) is 11.8 Å². The molecular formula is C13H18N2OS. The van der Waals surface area contributed by atoms with Crippen molar-refractivity contribution in [3.05, 3.63) is 30.3 Å². The first-order valence-electron chi connectivity index (χ1n) is 5.59. The Kier molecular flexibility index (Phi) is 5.10. The van der Waals surface area contributed by atoms with Gasteiger partial charge in [-0.2, -0.15) is 0 Å². The van der Waals surface area contributed by atoms with Crippen LogP contribution in [-0.2, 0) is 4.79 Å². The molecule has 0 saturated carbocycles. The molecule has 1 aromatic carbocycles. The lowest BCUT2D eigenvalue weighted by atomic mass is 10.2. The van der Waals surface area contributed by atoms with Crippen LogP contribution >= 0.6 is 12.2 Å². The molecule has 0 bridgehead atoms. The Morgan fingerprint density at radius 3 is 2.53 bits per heavy atom. The van der Waals surface area contributed by atoms with Gasteiger partial charge in [-0.1, -0.05) is 18.2 Å². The van der Waals surface area contributed by atoms with Crippen molar-refractivity contribution in [1.82, 2.24) is 5.32 Å². The van der Waals surface area contributed by atoms with Crippen molar-refractivity contribution in [2.24, 2.45) is 0 Å². The molecule has 0 amide bonds. The molecule has 0 aliphatic heterocycles. The third-order valence-corrected chi connectivity index (χ3v) is 2.80. The molecule has 0 aliphatic carbocycles. The number of benzene rings is 1. The van der Waals surface area contributed by atoms with Crippen LogP contribution in [0.25, 0.3) is 0 Å². The van der Waals surface area contributed by atoms with Crippen LogP contribution in [0.1, 0.15) is 20.3 Å². The first-order chi connectivity index (χ1) is 8.00. The van der Waals surface area contributed by atoms with E-state index < -0.39 is 0 Å². The average Bonchev–Trinajstić information content (AvgIpc) is 2.28. The molecule has 4 heteroatoms. The van der Waals surface area contributed by atoms with Crippen molar-refractivity contribution < 1.29 is 4.79 Å². The first kappa shape index (κ1) is 13.6. The number of para-hydroxylation sites is 1. The van der Waals surface area contributed by atoms with Crippen molar-refractivity contribution in [2.45, 2.75) is 26.3 Å². The number of rotatable bonds is 4. The number of thiocarbonyl (C=S) groups is 1. The SMILES string of the molecule is CC(=O)CC(C)NC(=S)N(C)c1ccccc1. The number of nitrogens with one attached hydrogen (secondary N) is 1. The van der Waals surface area contributed by atoms with Crippen LogP contribution in [0.15, 0.2) is 30.3 Å². The zero-order valence-corrected chi connectivity index (χ0v) is 11.3. The highest BCUT2D eigenvalue weighted by Crippen LogP contribution is 2.11. The van der Waals surface area contributed by atoms with Crippen molar-refractivity contribution in [3.8, 4) is 0 Å². The van der Waals surface area contributed by atoms with Crippen LogP contribution in [-0.4, -0.2) is 24.0 Å². The van der Waals surface area contributed by atoms with Crippen molar-refractivity contribution in [1.29, 1.82) is 0 Å². The fourth-order valence-electron chi connectivity index (χ4n) is 1.56. The van der Waals surface area contributed by atoms with E-state index in [1.807, 2.05) is 49.2 Å². The molecule has 17 heavy (non-hydrogen) atoms. The summed E-state index contributed by atoms with van der Waals surface area (Å²) in [7, 11) is 1.91. The van der Waals surface area contributed by atoms with Gasteiger partial charge in [-0.05, 0) is 38.2 Å². The van der Waals surface area contributed by atoms with Gasteiger partial charge in [0.2, 0.25) is 0 Å². The van der Waals surface area contributed by atoms with Gasteiger partial charge in [-0.25, -0.2) is 0 Å². The minimum Gasteiger partial charge on any atom is -0.359 e. The van der Waals surface area contributed by atoms with E-state index in [4.69, 9.17) is 12.2 Å². The van der Waals surface area contributed by atoms with Gasteiger partial charge in [0.25, 0.3) is 0 Å². The maximum absolute atomic E-state index is 11.0. The predicted molar refractivity (Wildman–Crippen MR) is 75.3 cm³/mol. The molecule has 92 valence electrons. The van der Waals surface area contributed by atoms with Crippen molar-refractivity contribution >= 4 is 28.8 Å². The van der Waals surface area contributed by atoms with E-state index in [9.17, 15) is 4.79 Å². The predicted octanol–water partition coefficient (Wildman–Crippen LogP) is 2.36. The lowest BCUT2D eigenvalue weighted by molar-refractivity contribution is -0.117. The van der Waals surface area contributed by atoms with Crippen LogP contribution in [0.2, 0.25) is 0 Å². The number of ketones is 1. The van der Waals surface area contributed by atoms with Gasteiger partial charge in [0.15, 0.2) is 5.11 Å². The highest BCUT2D eigenvalue weighted by Gasteiger charge is 2.10. The Morgan fingerprint density at radius 2 is 2.00 bits per heavy atom. The van der Waals surface area contributed by atoms with Crippen LogP contribution in [0, 0.1) is 0 Å². The van der Waals surface area contributed by atoms with E-state index >= 15 is 0 Å². The fourth-order valence-corrected chi connectivity index (χ4v) is 1.87. The molecule has 0 saturated heterocycles. The number of carbonyl (C=O) groups is 1. The largest absolute Gasteiger partial charge is 0.359 e. The molecule has 1 N–H and O–H groups in total. The first-order valence-corrected chi connectivity index (χ1v) is 6.00. The molecule has 1 rings (SSSR count). The summed E-state index contributed by atoms with van der Waals surface area (Å²) >= 11 is 5.29. The summed E-state index contributed by atoms with van der Waals surface area (Å²) in [6.45, 7) is 3.54. The maximum Gasteiger partial charge on any atom is 0.173 e. The summed E-state index contributed by atoms with van der Waals surface area (Å²) < 4.78 is 0. The second kappa shape index (κ2) is 6.35. The molecule has 1 unspecified atom stereocenters. The van der Waals surface area contributed by atoms with Gasteiger partial charge in [0, 0.05) is 25.2 Å². The quantitative estimate of drug-likeness (QED) is 0.832. The Labute approximate surface area is 108 Å². The number of anilines is 1. The second-order valence-electron chi connectivity index (χ2n) is 4.15. The standard InChI is InChI=1S/C13H18N2OS/c1-10(9-11(2)16)14-13(17)15(3)12-7-5-4-6-8-12/h4-8,10H,9H2,1-3H3,(H,14,17). The molecule has 3 nitrogen and oxygen atoms in total. The van der Waals surface area contributed by atoms with E-state index in [1.165, 1.54) is 0 Å². The molecule has 1 aromatic rings. The van der Waals surface area contributed by atoms with Gasteiger partial charge in [-0.3, -0.25) is 4.79 Å². The normalized spacial score (nSPS) is 11.7. The maximum atomic E-state index is 11.0. The summed E-state index contributed by atoms with van der Waals surface area (Å²) in [6, 6.07) is 9.94. The molecule has 1 atom stereocenters. The van der Waals surface area contributed by atoms with Gasteiger partial charge >= 0.3 is 0 Å². The minimum atomic E-state index is 0.0613. The highest BCUT2D eigenvalue weighted by atomic mass is 32.1. The Morgan fingerprint density at radius 1 is 1.41 bits per heavy atom. The third-order valence-electron chi connectivity index (χ3n) is 2.41. The zero-order valence-electron chi connectivity index (χ0n) is 10.4. The van der Waals surface area contributed by atoms with E-state index in [0.29, 0.717) is 11.5 Å². The third kappa shape index (κ3) is 4.53.